The maximum Gasteiger partial charge on any atom is 0.308 e. The summed E-state index contributed by atoms with van der Waals surface area (Å²) in [5.41, 5.74) is 0.497. The summed E-state index contributed by atoms with van der Waals surface area (Å²) in [5.74, 6) is -0.496. The lowest BCUT2D eigenvalue weighted by molar-refractivity contribution is -0.142. The van der Waals surface area contributed by atoms with Crippen LogP contribution in [0.15, 0.2) is 24.3 Å². The second-order valence-electron chi connectivity index (χ2n) is 6.19. The fraction of sp³-hybridized carbons (Fsp3) is 0.529. The molecule has 1 aromatic carbocycles. The number of nitrogens with one attached hydrogen (secondary N) is 1. The molecular weight excluding hydrogens is 282 g/mol. The normalized spacial score (nSPS) is 20.9. The Morgan fingerprint density at radius 2 is 2.14 bits per heavy atom. The zero-order valence-electron chi connectivity index (χ0n) is 13.0. The predicted octanol–water partition coefficient (Wildman–Crippen LogP) is 2.70. The molecule has 1 aromatic rings. The van der Waals surface area contributed by atoms with E-state index in [9.17, 15) is 9.59 Å². The van der Waals surface area contributed by atoms with E-state index in [1.165, 1.54) is 0 Å². The average Bonchev–Trinajstić information content (AvgIpc) is 2.93. The fourth-order valence-electron chi connectivity index (χ4n) is 2.67. The van der Waals surface area contributed by atoms with Gasteiger partial charge in [-0.05, 0) is 37.0 Å². The lowest BCUT2D eigenvalue weighted by Crippen LogP contribution is -2.40. The summed E-state index contributed by atoms with van der Waals surface area (Å²) in [6.07, 6.45) is 2.17. The Kier molecular flexibility index (Phi) is 5.41. The third-order valence-corrected chi connectivity index (χ3v) is 3.83. The van der Waals surface area contributed by atoms with Crippen molar-refractivity contribution >= 4 is 11.9 Å². The number of rotatable bonds is 6. The minimum Gasteiger partial charge on any atom is -0.493 e. The lowest BCUT2D eigenvalue weighted by Gasteiger charge is -2.18. The summed E-state index contributed by atoms with van der Waals surface area (Å²) in [6, 6.07) is 6.71. The molecule has 1 saturated carbocycles. The quantitative estimate of drug-likeness (QED) is 0.847. The molecule has 5 nitrogen and oxygen atoms in total. The highest BCUT2D eigenvalue weighted by molar-refractivity contribution is 5.95. The van der Waals surface area contributed by atoms with Crippen LogP contribution in [0.25, 0.3) is 0 Å². The molecule has 0 aliphatic heterocycles. The number of benzene rings is 1. The van der Waals surface area contributed by atoms with Crippen molar-refractivity contribution in [1.29, 1.82) is 0 Å². The van der Waals surface area contributed by atoms with Crippen LogP contribution in [0.1, 0.15) is 43.5 Å². The molecule has 1 aliphatic carbocycles. The second kappa shape index (κ2) is 7.29. The average molecular weight is 305 g/mol. The monoisotopic (exact) mass is 305 g/mol. The molecule has 0 bridgehead atoms. The number of aliphatic carboxylic acids is 1. The Labute approximate surface area is 130 Å². The molecule has 1 fully saturated rings. The van der Waals surface area contributed by atoms with Crippen LogP contribution in [0, 0.1) is 11.8 Å². The van der Waals surface area contributed by atoms with E-state index in [-0.39, 0.29) is 11.9 Å². The standard InChI is InChI=1S/C17H23NO4/c1-11(2)10-22-13-6-3-5-12(9-13)16(19)18-15-8-4-7-14(15)17(20)21/h3,5-6,9,11,14-15H,4,7-8,10H2,1-2H3,(H,18,19)(H,20,21)/t14-,15+/m0/s1. The largest absolute Gasteiger partial charge is 0.493 e. The van der Waals surface area contributed by atoms with E-state index in [0.29, 0.717) is 36.7 Å². The number of carboxylic acids is 1. The zero-order chi connectivity index (χ0) is 16.1. The molecule has 2 rings (SSSR count). The number of amides is 1. The first-order valence-electron chi connectivity index (χ1n) is 7.74. The molecule has 0 spiro atoms. The van der Waals surface area contributed by atoms with Gasteiger partial charge in [0.15, 0.2) is 0 Å². The van der Waals surface area contributed by atoms with Crippen molar-refractivity contribution < 1.29 is 19.4 Å². The van der Waals surface area contributed by atoms with E-state index in [1.807, 2.05) is 6.07 Å². The predicted molar refractivity (Wildman–Crippen MR) is 83.0 cm³/mol. The maximum absolute atomic E-state index is 12.3. The van der Waals surface area contributed by atoms with Crippen molar-refractivity contribution in [3.05, 3.63) is 29.8 Å². The zero-order valence-corrected chi connectivity index (χ0v) is 13.0. The van der Waals surface area contributed by atoms with Crippen LogP contribution >= 0.6 is 0 Å². The third-order valence-electron chi connectivity index (χ3n) is 3.83. The molecule has 0 heterocycles. The molecule has 2 N–H and O–H groups in total. The minimum absolute atomic E-state index is 0.242. The van der Waals surface area contributed by atoms with Gasteiger partial charge in [0, 0.05) is 11.6 Å². The molecule has 0 aromatic heterocycles. The van der Waals surface area contributed by atoms with Crippen LogP contribution in [-0.4, -0.2) is 29.6 Å². The number of carbonyl (C=O) groups is 2. The van der Waals surface area contributed by atoms with Gasteiger partial charge in [-0.25, -0.2) is 0 Å². The molecule has 0 unspecified atom stereocenters. The summed E-state index contributed by atoms with van der Waals surface area (Å²) in [7, 11) is 0. The van der Waals surface area contributed by atoms with Gasteiger partial charge < -0.3 is 15.2 Å². The Morgan fingerprint density at radius 1 is 1.36 bits per heavy atom. The number of hydrogen-bond acceptors (Lipinski definition) is 3. The van der Waals surface area contributed by atoms with Gasteiger partial charge in [0.05, 0.1) is 12.5 Å². The highest BCUT2D eigenvalue weighted by atomic mass is 16.5. The van der Waals surface area contributed by atoms with Crippen LogP contribution in [0.3, 0.4) is 0 Å². The van der Waals surface area contributed by atoms with Gasteiger partial charge in [-0.15, -0.1) is 0 Å². The van der Waals surface area contributed by atoms with Gasteiger partial charge in [-0.2, -0.15) is 0 Å². The van der Waals surface area contributed by atoms with Gasteiger partial charge in [0.1, 0.15) is 5.75 Å². The first-order chi connectivity index (χ1) is 10.5. The SMILES string of the molecule is CC(C)COc1cccc(C(=O)N[C@@H]2CCC[C@@H]2C(=O)O)c1. The Bertz CT molecular complexity index is 541. The van der Waals surface area contributed by atoms with Crippen molar-refractivity contribution in [3.8, 4) is 5.75 Å². The molecule has 0 saturated heterocycles. The van der Waals surface area contributed by atoms with Crippen molar-refractivity contribution in [2.24, 2.45) is 11.8 Å². The van der Waals surface area contributed by atoms with Gasteiger partial charge in [-0.1, -0.05) is 26.3 Å². The highest BCUT2D eigenvalue weighted by Crippen LogP contribution is 2.26. The molecular formula is C17H23NO4. The second-order valence-corrected chi connectivity index (χ2v) is 6.19. The Morgan fingerprint density at radius 3 is 2.82 bits per heavy atom. The maximum atomic E-state index is 12.3. The van der Waals surface area contributed by atoms with Gasteiger partial charge >= 0.3 is 5.97 Å². The Hall–Kier alpha value is -2.04. The topological polar surface area (TPSA) is 75.6 Å². The number of ether oxygens (including phenoxy) is 1. The van der Waals surface area contributed by atoms with Crippen LogP contribution in [0.5, 0.6) is 5.75 Å². The first-order valence-corrected chi connectivity index (χ1v) is 7.74. The van der Waals surface area contributed by atoms with Crippen molar-refractivity contribution in [1.82, 2.24) is 5.32 Å². The summed E-state index contributed by atoms with van der Waals surface area (Å²) < 4.78 is 5.61. The fourth-order valence-corrected chi connectivity index (χ4v) is 2.67. The molecule has 22 heavy (non-hydrogen) atoms. The van der Waals surface area contributed by atoms with E-state index in [1.54, 1.807) is 18.2 Å². The van der Waals surface area contributed by atoms with Crippen LogP contribution in [0.4, 0.5) is 0 Å². The van der Waals surface area contributed by atoms with Crippen LogP contribution < -0.4 is 10.1 Å². The van der Waals surface area contributed by atoms with E-state index >= 15 is 0 Å². The molecule has 5 heteroatoms. The minimum atomic E-state index is -0.836. The third kappa shape index (κ3) is 4.23. The van der Waals surface area contributed by atoms with Crippen molar-refractivity contribution in [2.45, 2.75) is 39.2 Å². The van der Waals surface area contributed by atoms with E-state index in [2.05, 4.69) is 19.2 Å². The molecule has 2 atom stereocenters. The summed E-state index contributed by atoms with van der Waals surface area (Å²) >= 11 is 0. The van der Waals surface area contributed by atoms with Gasteiger partial charge in [0.2, 0.25) is 0 Å². The number of hydrogen-bond donors (Lipinski definition) is 2. The molecule has 120 valence electrons. The van der Waals surface area contributed by atoms with Gasteiger partial charge in [0.25, 0.3) is 5.91 Å². The summed E-state index contributed by atoms with van der Waals surface area (Å²) in [4.78, 5) is 23.5. The number of carbonyl (C=O) groups excluding carboxylic acids is 1. The van der Waals surface area contributed by atoms with Crippen molar-refractivity contribution in [2.75, 3.05) is 6.61 Å². The number of carboxylic acid groups (broad SMARTS) is 1. The van der Waals surface area contributed by atoms with E-state index in [4.69, 9.17) is 9.84 Å². The highest BCUT2D eigenvalue weighted by Gasteiger charge is 2.34. The van der Waals surface area contributed by atoms with E-state index < -0.39 is 11.9 Å². The smallest absolute Gasteiger partial charge is 0.308 e. The van der Waals surface area contributed by atoms with Crippen LogP contribution in [-0.2, 0) is 4.79 Å². The van der Waals surface area contributed by atoms with Crippen LogP contribution in [0.2, 0.25) is 0 Å². The summed E-state index contributed by atoms with van der Waals surface area (Å²) in [6.45, 7) is 4.71. The summed E-state index contributed by atoms with van der Waals surface area (Å²) in [5, 5.41) is 12.0. The first kappa shape index (κ1) is 16.3. The molecule has 0 radical (unpaired) electrons. The lowest BCUT2D eigenvalue weighted by atomic mass is 10.0. The van der Waals surface area contributed by atoms with Gasteiger partial charge in [-0.3, -0.25) is 9.59 Å². The van der Waals surface area contributed by atoms with Crippen molar-refractivity contribution in [3.63, 3.8) is 0 Å². The molecule has 1 amide bonds. The molecule has 1 aliphatic rings. The van der Waals surface area contributed by atoms with E-state index in [0.717, 1.165) is 6.42 Å². The Balaban J connectivity index is 2.00.